The Hall–Kier alpha value is -2.37. The Bertz CT molecular complexity index is 683. The van der Waals surface area contributed by atoms with E-state index in [0.29, 0.717) is 5.82 Å². The molecule has 3 aromatic rings. The highest BCUT2D eigenvalue weighted by atomic mass is 15.2. The number of hydrazine groups is 1. The van der Waals surface area contributed by atoms with Gasteiger partial charge in [-0.2, -0.15) is 0 Å². The van der Waals surface area contributed by atoms with Crippen LogP contribution in [0.3, 0.4) is 0 Å². The molecule has 0 fully saturated rings. The Morgan fingerprint density at radius 1 is 1.00 bits per heavy atom. The van der Waals surface area contributed by atoms with Gasteiger partial charge < -0.3 is 0 Å². The predicted molar refractivity (Wildman–Crippen MR) is 72.9 cm³/mol. The highest BCUT2D eigenvalue weighted by molar-refractivity contribution is 5.78. The van der Waals surface area contributed by atoms with Crippen LogP contribution in [0.1, 0.15) is 17.4 Å². The maximum atomic E-state index is 5.62. The predicted octanol–water partition coefficient (Wildman–Crippen LogP) is 1.58. The van der Waals surface area contributed by atoms with E-state index in [1.807, 2.05) is 30.3 Å². The Kier molecular flexibility index (Phi) is 3.14. The van der Waals surface area contributed by atoms with E-state index in [0.717, 1.165) is 16.5 Å². The number of hydrogen-bond donors (Lipinski definition) is 2. The molecule has 0 radical (unpaired) electrons. The SMILES string of the molecule is NNC(c1cnc2ccccc2c1)c1ncccn1. The molecule has 3 N–H and O–H groups in total. The minimum atomic E-state index is -0.265. The van der Waals surface area contributed by atoms with Crippen LogP contribution >= 0.6 is 0 Å². The van der Waals surface area contributed by atoms with Crippen LogP contribution in [-0.4, -0.2) is 15.0 Å². The summed E-state index contributed by atoms with van der Waals surface area (Å²) in [6, 6.07) is 11.5. The van der Waals surface area contributed by atoms with E-state index in [1.54, 1.807) is 24.7 Å². The van der Waals surface area contributed by atoms with Crippen molar-refractivity contribution < 1.29 is 0 Å². The number of hydrogen-bond acceptors (Lipinski definition) is 5. The average Bonchev–Trinajstić information content (AvgIpc) is 2.49. The first kappa shape index (κ1) is 11.7. The van der Waals surface area contributed by atoms with Gasteiger partial charge in [-0.15, -0.1) is 0 Å². The van der Waals surface area contributed by atoms with Crippen molar-refractivity contribution in [1.82, 2.24) is 20.4 Å². The molecule has 2 heterocycles. The van der Waals surface area contributed by atoms with Gasteiger partial charge in [0.2, 0.25) is 0 Å². The topological polar surface area (TPSA) is 76.7 Å². The fraction of sp³-hybridized carbons (Fsp3) is 0.0714. The fourth-order valence-corrected chi connectivity index (χ4v) is 2.03. The van der Waals surface area contributed by atoms with E-state index in [2.05, 4.69) is 20.4 Å². The first-order valence-electron chi connectivity index (χ1n) is 5.96. The van der Waals surface area contributed by atoms with Crippen LogP contribution in [0.5, 0.6) is 0 Å². The summed E-state index contributed by atoms with van der Waals surface area (Å²) >= 11 is 0. The molecule has 19 heavy (non-hydrogen) atoms. The normalized spacial score (nSPS) is 12.5. The minimum absolute atomic E-state index is 0.265. The molecule has 0 aliphatic carbocycles. The van der Waals surface area contributed by atoms with Gasteiger partial charge >= 0.3 is 0 Å². The number of nitrogens with zero attached hydrogens (tertiary/aromatic N) is 3. The number of rotatable bonds is 3. The van der Waals surface area contributed by atoms with Crippen molar-refractivity contribution in [3.8, 4) is 0 Å². The number of aromatic nitrogens is 3. The number of para-hydroxylation sites is 1. The molecule has 5 heteroatoms. The molecular formula is C14H13N5. The van der Waals surface area contributed by atoms with Gasteiger partial charge in [0.25, 0.3) is 0 Å². The van der Waals surface area contributed by atoms with E-state index < -0.39 is 0 Å². The van der Waals surface area contributed by atoms with Crippen LogP contribution in [0.2, 0.25) is 0 Å². The Morgan fingerprint density at radius 2 is 1.79 bits per heavy atom. The first-order chi connectivity index (χ1) is 9.38. The summed E-state index contributed by atoms with van der Waals surface area (Å²) in [6.45, 7) is 0. The second-order valence-electron chi connectivity index (χ2n) is 4.17. The van der Waals surface area contributed by atoms with Crippen LogP contribution in [0.15, 0.2) is 55.0 Å². The smallest absolute Gasteiger partial charge is 0.150 e. The van der Waals surface area contributed by atoms with Gasteiger partial charge in [-0.1, -0.05) is 18.2 Å². The average molecular weight is 251 g/mol. The van der Waals surface area contributed by atoms with Crippen LogP contribution in [0, 0.1) is 0 Å². The molecule has 1 unspecified atom stereocenters. The molecule has 0 spiro atoms. The van der Waals surface area contributed by atoms with Crippen molar-refractivity contribution >= 4 is 10.9 Å². The fourth-order valence-electron chi connectivity index (χ4n) is 2.03. The standard InChI is InChI=1S/C14H13N5/c15-19-13(14-16-6-3-7-17-14)11-8-10-4-1-2-5-12(10)18-9-11/h1-9,13,19H,15H2. The van der Waals surface area contributed by atoms with Crippen molar-refractivity contribution in [1.29, 1.82) is 0 Å². The highest BCUT2D eigenvalue weighted by Gasteiger charge is 2.15. The van der Waals surface area contributed by atoms with Crippen LogP contribution in [0.25, 0.3) is 10.9 Å². The zero-order chi connectivity index (χ0) is 13.1. The molecule has 0 aliphatic rings. The molecule has 0 saturated heterocycles. The van der Waals surface area contributed by atoms with E-state index in [9.17, 15) is 0 Å². The molecule has 5 nitrogen and oxygen atoms in total. The lowest BCUT2D eigenvalue weighted by Gasteiger charge is -2.14. The summed E-state index contributed by atoms with van der Waals surface area (Å²) in [5.41, 5.74) is 4.63. The molecule has 0 saturated carbocycles. The summed E-state index contributed by atoms with van der Waals surface area (Å²) in [7, 11) is 0. The van der Waals surface area contributed by atoms with Crippen LogP contribution in [-0.2, 0) is 0 Å². The van der Waals surface area contributed by atoms with Gasteiger partial charge in [-0.25, -0.2) is 15.4 Å². The number of pyridine rings is 1. The van der Waals surface area contributed by atoms with E-state index in [-0.39, 0.29) is 6.04 Å². The summed E-state index contributed by atoms with van der Waals surface area (Å²) in [5, 5.41) is 1.07. The van der Waals surface area contributed by atoms with Gasteiger partial charge in [0.05, 0.1) is 5.52 Å². The highest BCUT2D eigenvalue weighted by Crippen LogP contribution is 2.20. The second kappa shape index (κ2) is 5.09. The van der Waals surface area contributed by atoms with Crippen molar-refractivity contribution in [3.63, 3.8) is 0 Å². The zero-order valence-electron chi connectivity index (χ0n) is 10.2. The van der Waals surface area contributed by atoms with E-state index in [1.165, 1.54) is 0 Å². The Labute approximate surface area is 110 Å². The van der Waals surface area contributed by atoms with Crippen molar-refractivity contribution in [3.05, 3.63) is 66.4 Å². The Balaban J connectivity index is 2.06. The molecule has 0 aliphatic heterocycles. The third kappa shape index (κ3) is 2.29. The minimum Gasteiger partial charge on any atom is -0.270 e. The van der Waals surface area contributed by atoms with E-state index >= 15 is 0 Å². The molecule has 2 aromatic heterocycles. The van der Waals surface area contributed by atoms with E-state index in [4.69, 9.17) is 5.84 Å². The molecular weight excluding hydrogens is 238 g/mol. The lowest BCUT2D eigenvalue weighted by Crippen LogP contribution is -2.30. The largest absolute Gasteiger partial charge is 0.270 e. The number of fused-ring (bicyclic) bond motifs is 1. The summed E-state index contributed by atoms with van der Waals surface area (Å²) in [5.74, 6) is 6.25. The van der Waals surface area contributed by atoms with Crippen molar-refractivity contribution in [2.75, 3.05) is 0 Å². The lowest BCUT2D eigenvalue weighted by molar-refractivity contribution is 0.600. The molecule has 1 aromatic carbocycles. The van der Waals surface area contributed by atoms with Crippen molar-refractivity contribution in [2.24, 2.45) is 5.84 Å². The second-order valence-corrected chi connectivity index (χ2v) is 4.17. The molecule has 94 valence electrons. The maximum absolute atomic E-state index is 5.62. The van der Waals surface area contributed by atoms with Crippen molar-refractivity contribution in [2.45, 2.75) is 6.04 Å². The van der Waals surface area contributed by atoms with Gasteiger partial charge in [-0.05, 0) is 23.8 Å². The van der Waals surface area contributed by atoms with Gasteiger partial charge in [0.15, 0.2) is 5.82 Å². The summed E-state index contributed by atoms with van der Waals surface area (Å²) < 4.78 is 0. The Morgan fingerprint density at radius 3 is 2.58 bits per heavy atom. The van der Waals surface area contributed by atoms with Crippen LogP contribution in [0.4, 0.5) is 0 Å². The molecule has 1 atom stereocenters. The van der Waals surface area contributed by atoms with Gasteiger partial charge in [0, 0.05) is 24.0 Å². The molecule has 3 rings (SSSR count). The number of nitrogens with one attached hydrogen (secondary N) is 1. The third-order valence-electron chi connectivity index (χ3n) is 2.96. The van der Waals surface area contributed by atoms with Gasteiger partial charge in [0.1, 0.15) is 6.04 Å². The third-order valence-corrected chi connectivity index (χ3v) is 2.96. The maximum Gasteiger partial charge on any atom is 0.150 e. The number of nitrogens with two attached hydrogens (primary N) is 1. The summed E-state index contributed by atoms with van der Waals surface area (Å²) in [6.07, 6.45) is 5.19. The van der Waals surface area contributed by atoms with Gasteiger partial charge in [-0.3, -0.25) is 10.8 Å². The number of benzene rings is 1. The van der Waals surface area contributed by atoms with Crippen LogP contribution < -0.4 is 11.3 Å². The quantitative estimate of drug-likeness (QED) is 0.546. The molecule has 0 amide bonds. The lowest BCUT2D eigenvalue weighted by atomic mass is 10.1. The molecule has 0 bridgehead atoms. The monoisotopic (exact) mass is 251 g/mol. The summed E-state index contributed by atoms with van der Waals surface area (Å²) in [4.78, 5) is 12.9. The zero-order valence-corrected chi connectivity index (χ0v) is 10.2. The first-order valence-corrected chi connectivity index (χ1v) is 5.96.